The highest BCUT2D eigenvalue weighted by Crippen LogP contribution is 2.22. The van der Waals surface area contributed by atoms with E-state index in [0.717, 1.165) is 0 Å². The van der Waals surface area contributed by atoms with Gasteiger partial charge in [-0.05, 0) is 29.7 Å². The van der Waals surface area contributed by atoms with Gasteiger partial charge in [-0.15, -0.1) is 5.10 Å². The van der Waals surface area contributed by atoms with Gasteiger partial charge in [0.2, 0.25) is 0 Å². The normalized spacial score (nSPS) is 12.8. The number of hydrogen-bond acceptors (Lipinski definition) is 4. The third-order valence-corrected chi connectivity index (χ3v) is 2.28. The van der Waals surface area contributed by atoms with Gasteiger partial charge < -0.3 is 5.11 Å². The molecule has 0 radical (unpaired) electrons. The van der Waals surface area contributed by atoms with Crippen molar-refractivity contribution in [1.29, 1.82) is 0 Å². The van der Waals surface area contributed by atoms with Crippen molar-refractivity contribution in [2.75, 3.05) is 0 Å². The fraction of sp³-hybridized carbons (Fsp3) is 0.800. The number of rotatable bonds is 3. The maximum atomic E-state index is 11.1. The monoisotopic (exact) mass is 226 g/mol. The number of carbonyl (C=O) groups is 1. The maximum absolute atomic E-state index is 11.1. The second-order valence-electron chi connectivity index (χ2n) is 5.61. The second kappa shape index (κ2) is 3.84. The van der Waals surface area contributed by atoms with E-state index < -0.39 is 11.5 Å². The molecule has 1 N–H and O–H groups in total. The molecule has 0 saturated heterocycles. The van der Waals surface area contributed by atoms with Gasteiger partial charge in [-0.25, -0.2) is 9.48 Å². The highest BCUT2D eigenvalue weighted by molar-refractivity contribution is 5.75. The minimum absolute atomic E-state index is 0.0149. The van der Waals surface area contributed by atoms with Gasteiger partial charge in [-0.2, -0.15) is 0 Å². The standard InChI is InChI=1S/C10H18N4O2/c1-9(2,3)6-7-11-12-13-14(7)10(4,5)8(15)16/h6H2,1-5H3,(H,15,16). The Morgan fingerprint density at radius 2 is 1.88 bits per heavy atom. The quantitative estimate of drug-likeness (QED) is 0.834. The Balaban J connectivity index is 3.08. The first-order chi connectivity index (χ1) is 7.14. The minimum Gasteiger partial charge on any atom is -0.479 e. The summed E-state index contributed by atoms with van der Waals surface area (Å²) in [6, 6.07) is 0. The van der Waals surface area contributed by atoms with E-state index in [-0.39, 0.29) is 5.41 Å². The molecular formula is C10H18N4O2. The largest absolute Gasteiger partial charge is 0.479 e. The van der Waals surface area contributed by atoms with E-state index in [0.29, 0.717) is 12.2 Å². The van der Waals surface area contributed by atoms with Crippen LogP contribution in [0.15, 0.2) is 0 Å². The highest BCUT2D eigenvalue weighted by Gasteiger charge is 2.34. The van der Waals surface area contributed by atoms with Gasteiger partial charge >= 0.3 is 5.97 Å². The van der Waals surface area contributed by atoms with Crippen LogP contribution in [0.5, 0.6) is 0 Å². The van der Waals surface area contributed by atoms with Crippen LogP contribution in [0.2, 0.25) is 0 Å². The van der Waals surface area contributed by atoms with Crippen LogP contribution in [0.1, 0.15) is 40.4 Å². The summed E-state index contributed by atoms with van der Waals surface area (Å²) in [6.45, 7) is 9.33. The zero-order chi connectivity index (χ0) is 12.6. The summed E-state index contributed by atoms with van der Waals surface area (Å²) in [7, 11) is 0. The van der Waals surface area contributed by atoms with Crippen LogP contribution in [0, 0.1) is 5.41 Å². The Morgan fingerprint density at radius 3 is 2.31 bits per heavy atom. The molecule has 0 aliphatic heterocycles. The molecule has 0 amide bonds. The van der Waals surface area contributed by atoms with Gasteiger partial charge in [0.25, 0.3) is 0 Å². The Kier molecular flexibility index (Phi) is 3.03. The maximum Gasteiger partial charge on any atom is 0.331 e. The van der Waals surface area contributed by atoms with Crippen molar-refractivity contribution < 1.29 is 9.90 Å². The van der Waals surface area contributed by atoms with E-state index in [1.807, 2.05) is 0 Å². The van der Waals surface area contributed by atoms with Crippen molar-refractivity contribution in [3.05, 3.63) is 5.82 Å². The number of aliphatic carboxylic acids is 1. The van der Waals surface area contributed by atoms with Gasteiger partial charge in [-0.1, -0.05) is 20.8 Å². The lowest BCUT2D eigenvalue weighted by Crippen LogP contribution is -2.38. The number of hydrogen-bond donors (Lipinski definition) is 1. The summed E-state index contributed by atoms with van der Waals surface area (Å²) in [5.41, 5.74) is -1.11. The third-order valence-electron chi connectivity index (χ3n) is 2.28. The lowest BCUT2D eigenvalue weighted by molar-refractivity contribution is -0.146. The first-order valence-electron chi connectivity index (χ1n) is 5.16. The number of nitrogens with zero attached hydrogens (tertiary/aromatic N) is 4. The minimum atomic E-state index is -1.12. The molecule has 0 bridgehead atoms. The molecule has 0 saturated carbocycles. The van der Waals surface area contributed by atoms with Crippen molar-refractivity contribution in [1.82, 2.24) is 20.2 Å². The Labute approximate surface area is 94.7 Å². The number of carboxylic acid groups (broad SMARTS) is 1. The Morgan fingerprint density at radius 1 is 1.31 bits per heavy atom. The zero-order valence-corrected chi connectivity index (χ0v) is 10.4. The SMILES string of the molecule is CC(C)(C)Cc1nnnn1C(C)(C)C(=O)O. The van der Waals surface area contributed by atoms with Crippen LogP contribution < -0.4 is 0 Å². The predicted molar refractivity (Wildman–Crippen MR) is 57.9 cm³/mol. The predicted octanol–water partition coefficient (Wildman–Crippen LogP) is 1.08. The van der Waals surface area contributed by atoms with Gasteiger partial charge in [0.05, 0.1) is 0 Å². The van der Waals surface area contributed by atoms with Crippen LogP contribution in [0.25, 0.3) is 0 Å². The van der Waals surface area contributed by atoms with Crippen LogP contribution in [0.4, 0.5) is 0 Å². The molecule has 90 valence electrons. The molecule has 1 aromatic heterocycles. The van der Waals surface area contributed by atoms with Crippen molar-refractivity contribution >= 4 is 5.97 Å². The Hall–Kier alpha value is -1.46. The fourth-order valence-corrected chi connectivity index (χ4v) is 1.32. The van der Waals surface area contributed by atoms with Gasteiger partial charge in [0, 0.05) is 6.42 Å². The second-order valence-corrected chi connectivity index (χ2v) is 5.61. The van der Waals surface area contributed by atoms with Crippen LogP contribution in [0.3, 0.4) is 0 Å². The molecule has 6 heteroatoms. The summed E-state index contributed by atoms with van der Waals surface area (Å²) in [5.74, 6) is -0.352. The number of aromatic nitrogens is 4. The highest BCUT2D eigenvalue weighted by atomic mass is 16.4. The fourth-order valence-electron chi connectivity index (χ4n) is 1.32. The molecular weight excluding hydrogens is 208 g/mol. The van der Waals surface area contributed by atoms with Crippen molar-refractivity contribution in [2.24, 2.45) is 5.41 Å². The molecule has 1 heterocycles. The van der Waals surface area contributed by atoms with E-state index in [9.17, 15) is 4.79 Å². The third kappa shape index (κ3) is 2.56. The number of carboxylic acids is 1. The molecule has 1 aromatic rings. The lowest BCUT2D eigenvalue weighted by atomic mass is 9.91. The van der Waals surface area contributed by atoms with Crippen LogP contribution in [-0.2, 0) is 16.8 Å². The Bertz CT molecular complexity index is 390. The smallest absolute Gasteiger partial charge is 0.331 e. The van der Waals surface area contributed by atoms with Crippen LogP contribution >= 0.6 is 0 Å². The first kappa shape index (κ1) is 12.6. The summed E-state index contributed by atoms with van der Waals surface area (Å²) in [6.07, 6.45) is 0.636. The summed E-state index contributed by atoms with van der Waals surface area (Å²) in [5, 5.41) is 20.3. The van der Waals surface area contributed by atoms with E-state index in [2.05, 4.69) is 36.3 Å². The molecule has 0 aromatic carbocycles. The van der Waals surface area contributed by atoms with E-state index in [1.165, 1.54) is 4.68 Å². The summed E-state index contributed by atoms with van der Waals surface area (Å²) in [4.78, 5) is 11.1. The van der Waals surface area contributed by atoms with Crippen molar-refractivity contribution in [3.63, 3.8) is 0 Å². The molecule has 0 aliphatic carbocycles. The van der Waals surface area contributed by atoms with E-state index >= 15 is 0 Å². The molecule has 16 heavy (non-hydrogen) atoms. The molecule has 6 nitrogen and oxygen atoms in total. The zero-order valence-electron chi connectivity index (χ0n) is 10.4. The van der Waals surface area contributed by atoms with E-state index in [1.54, 1.807) is 13.8 Å². The van der Waals surface area contributed by atoms with Crippen molar-refractivity contribution in [2.45, 2.75) is 46.6 Å². The summed E-state index contributed by atoms with van der Waals surface area (Å²) >= 11 is 0. The number of tetrazole rings is 1. The molecule has 0 fully saturated rings. The topological polar surface area (TPSA) is 80.9 Å². The molecule has 1 rings (SSSR count). The van der Waals surface area contributed by atoms with Gasteiger partial charge in [0.15, 0.2) is 11.4 Å². The molecule has 0 atom stereocenters. The molecule has 0 aliphatic rings. The van der Waals surface area contributed by atoms with E-state index in [4.69, 9.17) is 5.11 Å². The summed E-state index contributed by atoms with van der Waals surface area (Å²) < 4.78 is 1.38. The average Bonchev–Trinajstić information content (AvgIpc) is 2.49. The average molecular weight is 226 g/mol. The molecule has 0 unspecified atom stereocenters. The van der Waals surface area contributed by atoms with Gasteiger partial charge in [0.1, 0.15) is 0 Å². The lowest BCUT2D eigenvalue weighted by Gasteiger charge is -2.23. The van der Waals surface area contributed by atoms with Crippen molar-refractivity contribution in [3.8, 4) is 0 Å². The molecule has 0 spiro atoms. The first-order valence-corrected chi connectivity index (χ1v) is 5.16. The van der Waals surface area contributed by atoms with Crippen LogP contribution in [-0.4, -0.2) is 31.3 Å². The van der Waals surface area contributed by atoms with Gasteiger partial charge in [-0.3, -0.25) is 0 Å².